The molecule has 0 saturated carbocycles. The van der Waals surface area contributed by atoms with Crippen molar-refractivity contribution < 1.29 is 4.79 Å². The summed E-state index contributed by atoms with van der Waals surface area (Å²) < 4.78 is 0. The van der Waals surface area contributed by atoms with Gasteiger partial charge in [-0.15, -0.1) is 11.3 Å². The largest absolute Gasteiger partial charge is 0.311 e. The summed E-state index contributed by atoms with van der Waals surface area (Å²) in [5.41, 5.74) is 4.28. The van der Waals surface area contributed by atoms with Gasteiger partial charge in [0.15, 0.2) is 0 Å². The molecular weight excluding hydrogens is 306 g/mol. The Labute approximate surface area is 139 Å². The van der Waals surface area contributed by atoms with E-state index in [4.69, 9.17) is 4.98 Å². The van der Waals surface area contributed by atoms with Crippen molar-refractivity contribution in [2.75, 3.05) is 5.32 Å². The number of pyridine rings is 1. The Kier molecular flexibility index (Phi) is 4.21. The van der Waals surface area contributed by atoms with Gasteiger partial charge >= 0.3 is 0 Å². The van der Waals surface area contributed by atoms with Crippen LogP contribution in [-0.2, 0) is 4.79 Å². The van der Waals surface area contributed by atoms with Gasteiger partial charge in [0.2, 0.25) is 5.91 Å². The minimum Gasteiger partial charge on any atom is -0.311 e. The average molecular weight is 323 g/mol. The molecule has 2 aromatic heterocycles. The molecule has 0 fully saturated rings. The summed E-state index contributed by atoms with van der Waals surface area (Å²) in [6.07, 6.45) is 1.70. The van der Waals surface area contributed by atoms with Crippen LogP contribution in [0.25, 0.3) is 21.7 Å². The number of thiazole rings is 1. The highest BCUT2D eigenvalue weighted by Gasteiger charge is 2.14. The van der Waals surface area contributed by atoms with E-state index in [2.05, 4.69) is 35.4 Å². The summed E-state index contributed by atoms with van der Waals surface area (Å²) in [5, 5.41) is 3.73. The topological polar surface area (TPSA) is 54.9 Å². The second-order valence-electron chi connectivity index (χ2n) is 5.39. The Balaban J connectivity index is 2.09. The molecule has 0 spiro atoms. The molecule has 0 bridgehead atoms. The molecule has 1 amide bonds. The SMILES string of the molecule is CC(=O)Nc1cc(-c2sc(C)nc2-c2cccc(C)c2)ccn1. The molecular formula is C18H17N3OS. The Morgan fingerprint density at radius 1 is 1.13 bits per heavy atom. The maximum atomic E-state index is 11.2. The first-order valence-electron chi connectivity index (χ1n) is 7.31. The number of benzene rings is 1. The zero-order valence-corrected chi connectivity index (χ0v) is 14.1. The number of carbonyl (C=O) groups is 1. The molecule has 0 atom stereocenters. The fraction of sp³-hybridized carbons (Fsp3) is 0.167. The van der Waals surface area contributed by atoms with Crippen LogP contribution in [0.5, 0.6) is 0 Å². The van der Waals surface area contributed by atoms with Gasteiger partial charge in [0.1, 0.15) is 5.82 Å². The lowest BCUT2D eigenvalue weighted by atomic mass is 10.1. The van der Waals surface area contributed by atoms with Crippen LogP contribution in [0, 0.1) is 13.8 Å². The summed E-state index contributed by atoms with van der Waals surface area (Å²) in [6.45, 7) is 5.55. The summed E-state index contributed by atoms with van der Waals surface area (Å²) in [7, 11) is 0. The number of anilines is 1. The van der Waals surface area contributed by atoms with Crippen molar-refractivity contribution in [3.05, 3.63) is 53.2 Å². The average Bonchev–Trinajstić information content (AvgIpc) is 2.89. The highest BCUT2D eigenvalue weighted by atomic mass is 32.1. The molecule has 0 saturated heterocycles. The van der Waals surface area contributed by atoms with E-state index in [0.717, 1.165) is 26.7 Å². The highest BCUT2D eigenvalue weighted by Crippen LogP contribution is 2.37. The molecule has 0 unspecified atom stereocenters. The number of nitrogens with zero attached hydrogens (tertiary/aromatic N) is 2. The maximum Gasteiger partial charge on any atom is 0.222 e. The first kappa shape index (κ1) is 15.4. The molecule has 5 heteroatoms. The smallest absolute Gasteiger partial charge is 0.222 e. The normalized spacial score (nSPS) is 10.6. The summed E-state index contributed by atoms with van der Waals surface area (Å²) in [6, 6.07) is 12.1. The molecule has 116 valence electrons. The maximum absolute atomic E-state index is 11.2. The van der Waals surface area contributed by atoms with Crippen molar-refractivity contribution in [1.29, 1.82) is 0 Å². The third-order valence-electron chi connectivity index (χ3n) is 3.35. The number of amides is 1. The standard InChI is InChI=1S/C18H17N3OS/c1-11-5-4-6-14(9-11)17-18(23-13(3)21-17)15-7-8-19-16(10-15)20-12(2)22/h4-10H,1-3H3,(H,19,20,22). The van der Waals surface area contributed by atoms with Crippen molar-refractivity contribution in [2.24, 2.45) is 0 Å². The van der Waals surface area contributed by atoms with Crippen LogP contribution < -0.4 is 5.32 Å². The molecule has 0 aliphatic carbocycles. The molecule has 1 aromatic carbocycles. The van der Waals surface area contributed by atoms with E-state index in [1.54, 1.807) is 17.5 Å². The van der Waals surface area contributed by atoms with Crippen LogP contribution in [0.15, 0.2) is 42.6 Å². The lowest BCUT2D eigenvalue weighted by Crippen LogP contribution is -2.07. The van der Waals surface area contributed by atoms with Gasteiger partial charge in [-0.2, -0.15) is 0 Å². The quantitative estimate of drug-likeness (QED) is 0.775. The molecule has 3 aromatic rings. The van der Waals surface area contributed by atoms with Crippen LogP contribution in [0.3, 0.4) is 0 Å². The number of hydrogen-bond acceptors (Lipinski definition) is 4. The van der Waals surface area contributed by atoms with E-state index < -0.39 is 0 Å². The van der Waals surface area contributed by atoms with Gasteiger partial charge in [0.25, 0.3) is 0 Å². The minimum atomic E-state index is -0.131. The van der Waals surface area contributed by atoms with E-state index in [1.807, 2.05) is 25.1 Å². The Bertz CT molecular complexity index is 870. The third kappa shape index (κ3) is 3.46. The number of carbonyl (C=O) groups excluding carboxylic acids is 1. The predicted molar refractivity (Wildman–Crippen MR) is 94.6 cm³/mol. The third-order valence-corrected chi connectivity index (χ3v) is 4.37. The molecule has 0 radical (unpaired) electrons. The van der Waals surface area contributed by atoms with Gasteiger partial charge < -0.3 is 5.32 Å². The second-order valence-corrected chi connectivity index (χ2v) is 6.59. The fourth-order valence-corrected chi connectivity index (χ4v) is 3.37. The Hall–Kier alpha value is -2.53. The number of aryl methyl sites for hydroxylation is 2. The van der Waals surface area contributed by atoms with Crippen molar-refractivity contribution >= 4 is 23.1 Å². The number of hydrogen-bond donors (Lipinski definition) is 1. The van der Waals surface area contributed by atoms with Gasteiger partial charge in [0, 0.05) is 18.7 Å². The first-order chi connectivity index (χ1) is 11.0. The van der Waals surface area contributed by atoms with E-state index in [-0.39, 0.29) is 5.91 Å². The first-order valence-corrected chi connectivity index (χ1v) is 8.13. The van der Waals surface area contributed by atoms with Crippen LogP contribution in [0.2, 0.25) is 0 Å². The zero-order valence-electron chi connectivity index (χ0n) is 13.3. The van der Waals surface area contributed by atoms with Gasteiger partial charge in [-0.1, -0.05) is 23.8 Å². The van der Waals surface area contributed by atoms with E-state index in [1.165, 1.54) is 12.5 Å². The lowest BCUT2D eigenvalue weighted by molar-refractivity contribution is -0.114. The van der Waals surface area contributed by atoms with Gasteiger partial charge in [-0.25, -0.2) is 9.97 Å². The number of aromatic nitrogens is 2. The van der Waals surface area contributed by atoms with Crippen molar-refractivity contribution in [3.8, 4) is 21.7 Å². The number of rotatable bonds is 3. The van der Waals surface area contributed by atoms with Gasteiger partial charge in [0.05, 0.1) is 15.6 Å². The van der Waals surface area contributed by atoms with Crippen LogP contribution >= 0.6 is 11.3 Å². The fourth-order valence-electron chi connectivity index (χ4n) is 2.43. The second kappa shape index (κ2) is 6.30. The summed E-state index contributed by atoms with van der Waals surface area (Å²) >= 11 is 1.64. The lowest BCUT2D eigenvalue weighted by Gasteiger charge is -2.06. The number of nitrogens with one attached hydrogen (secondary N) is 1. The Morgan fingerprint density at radius 2 is 1.96 bits per heavy atom. The van der Waals surface area contributed by atoms with Crippen LogP contribution in [-0.4, -0.2) is 15.9 Å². The minimum absolute atomic E-state index is 0.131. The van der Waals surface area contributed by atoms with Crippen LogP contribution in [0.4, 0.5) is 5.82 Å². The molecule has 4 nitrogen and oxygen atoms in total. The van der Waals surface area contributed by atoms with Gasteiger partial charge in [-0.3, -0.25) is 4.79 Å². The van der Waals surface area contributed by atoms with E-state index in [0.29, 0.717) is 5.82 Å². The van der Waals surface area contributed by atoms with E-state index >= 15 is 0 Å². The van der Waals surface area contributed by atoms with Crippen molar-refractivity contribution in [2.45, 2.75) is 20.8 Å². The summed E-state index contributed by atoms with van der Waals surface area (Å²) in [5.74, 6) is 0.422. The van der Waals surface area contributed by atoms with Crippen LogP contribution in [0.1, 0.15) is 17.5 Å². The Morgan fingerprint density at radius 3 is 2.70 bits per heavy atom. The van der Waals surface area contributed by atoms with E-state index in [9.17, 15) is 4.79 Å². The summed E-state index contributed by atoms with van der Waals surface area (Å²) in [4.78, 5) is 21.2. The molecule has 0 aliphatic heterocycles. The molecule has 1 N–H and O–H groups in total. The monoisotopic (exact) mass is 323 g/mol. The van der Waals surface area contributed by atoms with Gasteiger partial charge in [-0.05, 0) is 37.6 Å². The molecule has 2 heterocycles. The molecule has 0 aliphatic rings. The molecule has 3 rings (SSSR count). The zero-order chi connectivity index (χ0) is 16.4. The van der Waals surface area contributed by atoms with Crippen molar-refractivity contribution in [3.63, 3.8) is 0 Å². The highest BCUT2D eigenvalue weighted by molar-refractivity contribution is 7.15. The van der Waals surface area contributed by atoms with Crippen molar-refractivity contribution in [1.82, 2.24) is 9.97 Å². The molecule has 23 heavy (non-hydrogen) atoms. The predicted octanol–water partition coefficient (Wildman–Crippen LogP) is 4.45.